The number of halogens is 2. The number of rotatable bonds is 11. The molecule has 0 aliphatic heterocycles. The normalized spacial score (nSPS) is 11.5. The molecule has 6 nitrogen and oxygen atoms in total. The SMILES string of the molecule is CCOCCCNC(=NC)NCc1cccc(OCC)c1OC(F)F. The van der Waals surface area contributed by atoms with E-state index in [4.69, 9.17) is 9.47 Å². The average molecular weight is 359 g/mol. The van der Waals surface area contributed by atoms with Gasteiger partial charge in [0.2, 0.25) is 0 Å². The van der Waals surface area contributed by atoms with Crippen molar-refractivity contribution in [2.24, 2.45) is 4.99 Å². The molecule has 0 fully saturated rings. The molecule has 0 unspecified atom stereocenters. The smallest absolute Gasteiger partial charge is 0.387 e. The van der Waals surface area contributed by atoms with Crippen LogP contribution in [0.25, 0.3) is 0 Å². The van der Waals surface area contributed by atoms with Crippen molar-refractivity contribution < 1.29 is 23.0 Å². The maximum atomic E-state index is 12.7. The summed E-state index contributed by atoms with van der Waals surface area (Å²) in [6.45, 7) is 3.50. The first-order valence-electron chi connectivity index (χ1n) is 8.34. The van der Waals surface area contributed by atoms with Crippen molar-refractivity contribution in [3.63, 3.8) is 0 Å². The van der Waals surface area contributed by atoms with Crippen LogP contribution in [0.15, 0.2) is 23.2 Å². The predicted molar refractivity (Wildman–Crippen MR) is 93.6 cm³/mol. The van der Waals surface area contributed by atoms with E-state index in [0.717, 1.165) is 6.42 Å². The molecule has 0 aromatic heterocycles. The molecule has 2 N–H and O–H groups in total. The van der Waals surface area contributed by atoms with Crippen LogP contribution in [0, 0.1) is 0 Å². The molecular weight excluding hydrogens is 332 g/mol. The van der Waals surface area contributed by atoms with Crippen LogP contribution in [0.1, 0.15) is 25.8 Å². The van der Waals surface area contributed by atoms with Gasteiger partial charge in [0.15, 0.2) is 17.5 Å². The lowest BCUT2D eigenvalue weighted by Gasteiger charge is -2.17. The Bertz CT molecular complexity index is 528. The van der Waals surface area contributed by atoms with Crippen LogP contribution < -0.4 is 20.1 Å². The molecule has 0 saturated carbocycles. The molecule has 1 rings (SSSR count). The Hall–Kier alpha value is -2.09. The second-order valence-corrected chi connectivity index (χ2v) is 4.96. The first-order valence-corrected chi connectivity index (χ1v) is 8.34. The summed E-state index contributed by atoms with van der Waals surface area (Å²) in [5, 5.41) is 6.21. The quantitative estimate of drug-likeness (QED) is 0.361. The molecule has 0 aliphatic rings. The highest BCUT2D eigenvalue weighted by Crippen LogP contribution is 2.32. The van der Waals surface area contributed by atoms with E-state index in [9.17, 15) is 8.78 Å². The number of alkyl halides is 2. The second-order valence-electron chi connectivity index (χ2n) is 4.96. The van der Waals surface area contributed by atoms with Gasteiger partial charge in [-0.25, -0.2) is 0 Å². The third-order valence-electron chi connectivity index (χ3n) is 3.20. The van der Waals surface area contributed by atoms with E-state index < -0.39 is 6.61 Å². The molecule has 1 aromatic rings. The Morgan fingerprint density at radius 3 is 2.64 bits per heavy atom. The molecule has 0 spiro atoms. The fourth-order valence-electron chi connectivity index (χ4n) is 2.12. The van der Waals surface area contributed by atoms with Crippen molar-refractivity contribution >= 4 is 5.96 Å². The van der Waals surface area contributed by atoms with Crippen LogP contribution in [-0.4, -0.2) is 46.0 Å². The molecule has 0 aliphatic carbocycles. The third kappa shape index (κ3) is 8.02. The fraction of sp³-hybridized carbons (Fsp3) is 0.588. The lowest BCUT2D eigenvalue weighted by atomic mass is 10.2. The summed E-state index contributed by atoms with van der Waals surface area (Å²) in [5.41, 5.74) is 0.559. The summed E-state index contributed by atoms with van der Waals surface area (Å²) in [6.07, 6.45) is 0.841. The standard InChI is InChI=1S/C17H27F2N3O3/c1-4-23-11-7-10-21-17(20-3)22-12-13-8-6-9-14(24-5-2)15(13)25-16(18)19/h6,8-9,16H,4-5,7,10-12H2,1-3H3,(H2,20,21,22). The number of guanidine groups is 1. The number of hydrogen-bond donors (Lipinski definition) is 2. The third-order valence-corrected chi connectivity index (χ3v) is 3.20. The van der Waals surface area contributed by atoms with Crippen LogP contribution in [0.2, 0.25) is 0 Å². The summed E-state index contributed by atoms with van der Waals surface area (Å²) < 4.78 is 40.7. The molecule has 1 aromatic carbocycles. The van der Waals surface area contributed by atoms with Gasteiger partial charge in [0.05, 0.1) is 6.61 Å². The van der Waals surface area contributed by atoms with Crippen LogP contribution in [-0.2, 0) is 11.3 Å². The topological polar surface area (TPSA) is 64.1 Å². The molecule has 25 heavy (non-hydrogen) atoms. The Labute approximate surface area is 147 Å². The zero-order valence-electron chi connectivity index (χ0n) is 15.0. The minimum Gasteiger partial charge on any atom is -0.490 e. The van der Waals surface area contributed by atoms with Crippen molar-refractivity contribution in [1.29, 1.82) is 0 Å². The lowest BCUT2D eigenvalue weighted by Crippen LogP contribution is -2.37. The molecule has 0 radical (unpaired) electrons. The van der Waals surface area contributed by atoms with Crippen molar-refractivity contribution in [3.8, 4) is 11.5 Å². The van der Waals surface area contributed by atoms with E-state index in [1.807, 2.05) is 6.92 Å². The van der Waals surface area contributed by atoms with Gasteiger partial charge >= 0.3 is 6.61 Å². The van der Waals surface area contributed by atoms with Gasteiger partial charge < -0.3 is 24.8 Å². The van der Waals surface area contributed by atoms with Crippen molar-refractivity contribution in [2.45, 2.75) is 33.4 Å². The number of benzene rings is 1. The van der Waals surface area contributed by atoms with Gasteiger partial charge in [0.1, 0.15) is 0 Å². The summed E-state index contributed by atoms with van der Waals surface area (Å²) in [4.78, 5) is 4.10. The Balaban J connectivity index is 2.66. The fourth-order valence-corrected chi connectivity index (χ4v) is 2.12. The van der Waals surface area contributed by atoms with Gasteiger partial charge in [-0.15, -0.1) is 0 Å². The average Bonchev–Trinajstić information content (AvgIpc) is 2.59. The maximum Gasteiger partial charge on any atom is 0.387 e. The van der Waals surface area contributed by atoms with Crippen molar-refractivity contribution in [1.82, 2.24) is 10.6 Å². The molecule has 0 bridgehead atoms. The molecule has 0 atom stereocenters. The van der Waals surface area contributed by atoms with Gasteiger partial charge in [-0.05, 0) is 26.3 Å². The van der Waals surface area contributed by atoms with Crippen LogP contribution in [0.3, 0.4) is 0 Å². The second kappa shape index (κ2) is 12.3. The van der Waals surface area contributed by atoms with Gasteiger partial charge in [-0.3, -0.25) is 4.99 Å². The zero-order valence-corrected chi connectivity index (χ0v) is 15.0. The molecule has 8 heteroatoms. The Morgan fingerprint density at radius 1 is 1.20 bits per heavy atom. The highest BCUT2D eigenvalue weighted by Gasteiger charge is 2.15. The van der Waals surface area contributed by atoms with Crippen molar-refractivity contribution in [2.75, 3.05) is 33.4 Å². The minimum atomic E-state index is -2.92. The number of nitrogens with zero attached hydrogens (tertiary/aromatic N) is 1. The minimum absolute atomic E-state index is 0.0404. The highest BCUT2D eigenvalue weighted by atomic mass is 19.3. The lowest BCUT2D eigenvalue weighted by molar-refractivity contribution is -0.0520. The Morgan fingerprint density at radius 2 is 2.00 bits per heavy atom. The van der Waals surface area contributed by atoms with E-state index >= 15 is 0 Å². The largest absolute Gasteiger partial charge is 0.490 e. The number of nitrogens with one attached hydrogen (secondary N) is 2. The van der Waals surface area contributed by atoms with Crippen LogP contribution >= 0.6 is 0 Å². The Kier molecular flexibility index (Phi) is 10.3. The predicted octanol–water partition coefficient (Wildman–Crippen LogP) is 2.78. The van der Waals surface area contributed by atoms with E-state index in [2.05, 4.69) is 20.4 Å². The number of aliphatic imine (C=N–C) groups is 1. The molecule has 0 amide bonds. The summed E-state index contributed by atoms with van der Waals surface area (Å²) in [7, 11) is 1.64. The summed E-state index contributed by atoms with van der Waals surface area (Å²) in [6, 6.07) is 5.04. The van der Waals surface area contributed by atoms with Crippen molar-refractivity contribution in [3.05, 3.63) is 23.8 Å². The van der Waals surface area contributed by atoms with Crippen LogP contribution in [0.4, 0.5) is 8.78 Å². The van der Waals surface area contributed by atoms with Gasteiger partial charge in [-0.1, -0.05) is 12.1 Å². The van der Waals surface area contributed by atoms with E-state index in [0.29, 0.717) is 43.6 Å². The summed E-state index contributed by atoms with van der Waals surface area (Å²) >= 11 is 0. The van der Waals surface area contributed by atoms with E-state index in [1.165, 1.54) is 0 Å². The highest BCUT2D eigenvalue weighted by molar-refractivity contribution is 5.79. The van der Waals surface area contributed by atoms with Gasteiger partial charge in [-0.2, -0.15) is 8.78 Å². The number of hydrogen-bond acceptors (Lipinski definition) is 4. The zero-order chi connectivity index (χ0) is 18.5. The monoisotopic (exact) mass is 359 g/mol. The first-order chi connectivity index (χ1) is 12.1. The number of para-hydroxylation sites is 1. The molecular formula is C17H27F2N3O3. The maximum absolute atomic E-state index is 12.7. The molecule has 0 saturated heterocycles. The molecule has 0 heterocycles. The van der Waals surface area contributed by atoms with E-state index in [1.54, 1.807) is 32.2 Å². The first kappa shape index (κ1) is 21.0. The van der Waals surface area contributed by atoms with Gasteiger partial charge in [0, 0.05) is 38.9 Å². The number of ether oxygens (including phenoxy) is 3. The van der Waals surface area contributed by atoms with Gasteiger partial charge in [0.25, 0.3) is 0 Å². The summed E-state index contributed by atoms with van der Waals surface area (Å²) in [5.74, 6) is 0.904. The van der Waals surface area contributed by atoms with Crippen LogP contribution in [0.5, 0.6) is 11.5 Å². The molecule has 142 valence electrons. The van der Waals surface area contributed by atoms with E-state index in [-0.39, 0.29) is 12.3 Å².